The summed E-state index contributed by atoms with van der Waals surface area (Å²) in [6.07, 6.45) is 8.38. The van der Waals surface area contributed by atoms with E-state index in [0.717, 1.165) is 48.9 Å². The number of fused-ring (bicyclic) bond motifs is 1. The molecule has 23 heavy (non-hydrogen) atoms. The highest BCUT2D eigenvalue weighted by atomic mass is 16.1. The summed E-state index contributed by atoms with van der Waals surface area (Å²) in [5.74, 6) is 2.00. The molecule has 1 aliphatic carbocycles. The quantitative estimate of drug-likeness (QED) is 0.943. The van der Waals surface area contributed by atoms with E-state index in [1.165, 1.54) is 18.5 Å². The van der Waals surface area contributed by atoms with Crippen molar-refractivity contribution in [3.63, 3.8) is 0 Å². The van der Waals surface area contributed by atoms with E-state index in [4.69, 9.17) is 0 Å². The molecule has 122 valence electrons. The predicted octanol–water partition coefficient (Wildman–Crippen LogP) is 2.46. The maximum Gasteiger partial charge on any atom is 0.253 e. The van der Waals surface area contributed by atoms with Crippen LogP contribution in [0.4, 0.5) is 0 Å². The van der Waals surface area contributed by atoms with Gasteiger partial charge in [-0.2, -0.15) is 0 Å². The van der Waals surface area contributed by atoms with E-state index in [0.29, 0.717) is 0 Å². The number of rotatable bonds is 4. The third kappa shape index (κ3) is 2.80. The lowest BCUT2D eigenvalue weighted by molar-refractivity contribution is 0.0927. The first kappa shape index (κ1) is 14.5. The Morgan fingerprint density at radius 3 is 2.96 bits per heavy atom. The first-order chi connectivity index (χ1) is 11.1. The van der Waals surface area contributed by atoms with Crippen LogP contribution in [0, 0.1) is 19.8 Å². The van der Waals surface area contributed by atoms with Crippen LogP contribution in [0.1, 0.15) is 46.8 Å². The summed E-state index contributed by atoms with van der Waals surface area (Å²) < 4.78 is 4.45. The van der Waals surface area contributed by atoms with E-state index >= 15 is 0 Å². The van der Waals surface area contributed by atoms with Gasteiger partial charge in [-0.15, -0.1) is 0 Å². The van der Waals surface area contributed by atoms with Gasteiger partial charge in [0.15, 0.2) is 0 Å². The fourth-order valence-electron chi connectivity index (χ4n) is 3.62. The highest BCUT2D eigenvalue weighted by Crippen LogP contribution is 2.32. The van der Waals surface area contributed by atoms with Crippen LogP contribution in [0.5, 0.6) is 0 Å². The fraction of sp³-hybridized carbons (Fsp3) is 0.556. The molecule has 1 saturated carbocycles. The number of nitrogens with one attached hydrogen (secondary N) is 1. The van der Waals surface area contributed by atoms with Crippen molar-refractivity contribution in [3.8, 4) is 0 Å². The molecule has 2 aliphatic rings. The molecule has 2 aromatic rings. The highest BCUT2D eigenvalue weighted by Gasteiger charge is 2.26. The maximum absolute atomic E-state index is 12.7. The number of nitrogens with zero attached hydrogens (tertiary/aromatic N) is 3. The molecule has 5 heteroatoms. The zero-order valence-electron chi connectivity index (χ0n) is 13.9. The van der Waals surface area contributed by atoms with Crippen molar-refractivity contribution < 1.29 is 4.79 Å². The highest BCUT2D eigenvalue weighted by molar-refractivity contribution is 5.95. The Hall–Kier alpha value is -2.04. The summed E-state index contributed by atoms with van der Waals surface area (Å²) in [5.41, 5.74) is 3.13. The minimum Gasteiger partial charge on any atom is -0.348 e. The Morgan fingerprint density at radius 2 is 2.17 bits per heavy atom. The Kier molecular flexibility index (Phi) is 3.51. The number of aryl methyl sites for hydroxylation is 2. The van der Waals surface area contributed by atoms with Gasteiger partial charge in [-0.05, 0) is 45.1 Å². The number of carbonyl (C=O) groups is 1. The second-order valence-corrected chi connectivity index (χ2v) is 7.04. The smallest absolute Gasteiger partial charge is 0.253 e. The first-order valence-electron chi connectivity index (χ1n) is 8.59. The maximum atomic E-state index is 12.7. The van der Waals surface area contributed by atoms with Crippen LogP contribution in [0.15, 0.2) is 18.5 Å². The minimum absolute atomic E-state index is 0.0636. The Labute approximate surface area is 136 Å². The number of amides is 1. The van der Waals surface area contributed by atoms with Crippen molar-refractivity contribution in [2.45, 2.75) is 58.7 Å². The lowest BCUT2D eigenvalue weighted by Crippen LogP contribution is -2.41. The van der Waals surface area contributed by atoms with Crippen molar-refractivity contribution in [2.75, 3.05) is 0 Å². The average Bonchev–Trinajstić information content (AvgIpc) is 3.16. The van der Waals surface area contributed by atoms with Crippen molar-refractivity contribution in [3.05, 3.63) is 41.2 Å². The Morgan fingerprint density at radius 1 is 1.35 bits per heavy atom. The molecule has 1 fully saturated rings. The minimum atomic E-state index is 0.0636. The van der Waals surface area contributed by atoms with Crippen LogP contribution in [0.25, 0.3) is 0 Å². The van der Waals surface area contributed by atoms with Crippen LogP contribution in [0.3, 0.4) is 0 Å². The molecular formula is C18H24N4O. The third-order valence-electron chi connectivity index (χ3n) is 5.23. The number of imidazole rings is 1. The Balaban J connectivity index is 1.47. The summed E-state index contributed by atoms with van der Waals surface area (Å²) in [4.78, 5) is 17.0. The summed E-state index contributed by atoms with van der Waals surface area (Å²) in [7, 11) is 0. The molecular weight excluding hydrogens is 288 g/mol. The molecule has 1 amide bonds. The molecule has 1 N–H and O–H groups in total. The van der Waals surface area contributed by atoms with E-state index in [1.54, 1.807) is 0 Å². The van der Waals surface area contributed by atoms with E-state index in [-0.39, 0.29) is 11.9 Å². The number of aromatic nitrogens is 3. The number of hydrogen-bond acceptors (Lipinski definition) is 2. The summed E-state index contributed by atoms with van der Waals surface area (Å²) in [5, 5.41) is 3.22. The SMILES string of the molecule is Cc1cc(C(=O)N[C@@H]2CCc3nccn3C2)c(C)n1CC1CC1. The van der Waals surface area contributed by atoms with Gasteiger partial charge in [0.2, 0.25) is 0 Å². The molecule has 0 aromatic carbocycles. The van der Waals surface area contributed by atoms with Crippen LogP contribution in [0.2, 0.25) is 0 Å². The van der Waals surface area contributed by atoms with Crippen LogP contribution < -0.4 is 5.32 Å². The average molecular weight is 312 g/mol. The molecule has 3 heterocycles. The molecule has 1 atom stereocenters. The zero-order valence-corrected chi connectivity index (χ0v) is 13.9. The van der Waals surface area contributed by atoms with Gasteiger partial charge in [0.1, 0.15) is 5.82 Å². The van der Waals surface area contributed by atoms with Gasteiger partial charge in [-0.3, -0.25) is 4.79 Å². The molecule has 0 bridgehead atoms. The monoisotopic (exact) mass is 312 g/mol. The molecule has 0 unspecified atom stereocenters. The fourth-order valence-corrected chi connectivity index (χ4v) is 3.62. The summed E-state index contributed by atoms with van der Waals surface area (Å²) in [6.45, 7) is 6.05. The molecule has 1 aliphatic heterocycles. The largest absolute Gasteiger partial charge is 0.348 e. The van der Waals surface area contributed by atoms with Gasteiger partial charge in [-0.1, -0.05) is 0 Å². The molecule has 4 rings (SSSR count). The standard InChI is InChI=1S/C18H24N4O/c1-12-9-16(13(2)22(12)10-14-3-4-14)18(23)20-15-5-6-17-19-7-8-21(17)11-15/h7-9,14-15H,3-6,10-11H2,1-2H3,(H,20,23)/t15-/m1/s1. The van der Waals surface area contributed by atoms with Crippen LogP contribution in [-0.2, 0) is 19.5 Å². The lowest BCUT2D eigenvalue weighted by Gasteiger charge is -2.24. The number of carbonyl (C=O) groups excluding carboxylic acids is 1. The second-order valence-electron chi connectivity index (χ2n) is 7.04. The Bertz CT molecular complexity index is 738. The van der Waals surface area contributed by atoms with Gasteiger partial charge >= 0.3 is 0 Å². The van der Waals surface area contributed by atoms with Gasteiger partial charge in [0.25, 0.3) is 5.91 Å². The lowest BCUT2D eigenvalue weighted by atomic mass is 10.1. The van der Waals surface area contributed by atoms with Crippen molar-refractivity contribution >= 4 is 5.91 Å². The van der Waals surface area contributed by atoms with Gasteiger partial charge < -0.3 is 14.5 Å². The van der Waals surface area contributed by atoms with Crippen LogP contribution in [-0.4, -0.2) is 26.1 Å². The van der Waals surface area contributed by atoms with Gasteiger partial charge in [0.05, 0.1) is 5.56 Å². The predicted molar refractivity (Wildman–Crippen MR) is 88.4 cm³/mol. The topological polar surface area (TPSA) is 51.9 Å². The second kappa shape index (κ2) is 5.55. The van der Waals surface area contributed by atoms with Crippen LogP contribution >= 0.6 is 0 Å². The van der Waals surface area contributed by atoms with E-state index in [1.807, 2.05) is 18.5 Å². The van der Waals surface area contributed by atoms with Crippen molar-refractivity contribution in [1.82, 2.24) is 19.4 Å². The number of hydrogen-bond donors (Lipinski definition) is 1. The molecule has 2 aromatic heterocycles. The van der Waals surface area contributed by atoms with E-state index in [9.17, 15) is 4.79 Å². The van der Waals surface area contributed by atoms with Gasteiger partial charge in [0, 0.05) is 49.3 Å². The first-order valence-corrected chi connectivity index (χ1v) is 8.59. The third-order valence-corrected chi connectivity index (χ3v) is 5.23. The molecule has 0 saturated heterocycles. The zero-order chi connectivity index (χ0) is 16.0. The normalized spacial score (nSPS) is 20.3. The molecule has 5 nitrogen and oxygen atoms in total. The molecule has 0 radical (unpaired) electrons. The van der Waals surface area contributed by atoms with E-state index < -0.39 is 0 Å². The van der Waals surface area contributed by atoms with Gasteiger partial charge in [-0.25, -0.2) is 4.98 Å². The van der Waals surface area contributed by atoms with Crippen molar-refractivity contribution in [1.29, 1.82) is 0 Å². The summed E-state index contributed by atoms with van der Waals surface area (Å²) in [6, 6.07) is 2.23. The van der Waals surface area contributed by atoms with E-state index in [2.05, 4.69) is 33.3 Å². The molecule has 0 spiro atoms. The van der Waals surface area contributed by atoms with Crippen molar-refractivity contribution in [2.24, 2.45) is 5.92 Å². The summed E-state index contributed by atoms with van der Waals surface area (Å²) >= 11 is 0.